The van der Waals surface area contributed by atoms with E-state index in [1.807, 2.05) is 76.8 Å². The molecule has 3 aliphatic carbocycles. The van der Waals surface area contributed by atoms with Gasteiger partial charge in [-0.3, -0.25) is 28.9 Å². The molecule has 0 spiro atoms. The highest BCUT2D eigenvalue weighted by Gasteiger charge is 2.57. The molecule has 4 aliphatic rings. The molecule has 0 radical (unpaired) electrons. The van der Waals surface area contributed by atoms with Crippen molar-refractivity contribution in [2.45, 2.75) is 175 Å². The van der Waals surface area contributed by atoms with Crippen LogP contribution in [0.2, 0.25) is 0 Å². The molecule has 70 heavy (non-hydrogen) atoms. The minimum absolute atomic E-state index is 0.00148. The van der Waals surface area contributed by atoms with Crippen molar-refractivity contribution in [2.75, 3.05) is 48.0 Å². The van der Waals surface area contributed by atoms with Gasteiger partial charge in [-0.25, -0.2) is 4.79 Å². The van der Waals surface area contributed by atoms with E-state index >= 15 is 0 Å². The van der Waals surface area contributed by atoms with Crippen molar-refractivity contribution in [3.05, 3.63) is 35.9 Å². The highest BCUT2D eigenvalue weighted by atomic mass is 16.5. The van der Waals surface area contributed by atoms with Crippen molar-refractivity contribution in [3.63, 3.8) is 0 Å². The van der Waals surface area contributed by atoms with E-state index in [9.17, 15) is 28.8 Å². The molecular weight excluding hydrogens is 891 g/mol. The maximum atomic E-state index is 14.6. The van der Waals surface area contributed by atoms with Crippen molar-refractivity contribution < 1.29 is 48.1 Å². The Morgan fingerprint density at radius 2 is 1.59 bits per heavy atom. The van der Waals surface area contributed by atoms with Crippen molar-refractivity contribution in [1.29, 1.82) is 0 Å². The van der Waals surface area contributed by atoms with Gasteiger partial charge >= 0.3 is 11.9 Å². The summed E-state index contributed by atoms with van der Waals surface area (Å²) < 4.78 is 18.4. The lowest BCUT2D eigenvalue weighted by Gasteiger charge is -2.42. The number of carbonyl (C=O) groups is 6. The number of benzene rings is 1. The summed E-state index contributed by atoms with van der Waals surface area (Å²) in [6.45, 7) is 17.0. The van der Waals surface area contributed by atoms with Gasteiger partial charge in [-0.2, -0.15) is 0 Å². The lowest BCUT2D eigenvalue weighted by molar-refractivity contribution is -0.153. The Morgan fingerprint density at radius 1 is 0.886 bits per heavy atom. The number of likely N-dealkylation sites (tertiary alicyclic amines) is 1. The summed E-state index contributed by atoms with van der Waals surface area (Å²) in [6, 6.07) is 6.34. The molecule has 1 heterocycles. The molecule has 5 rings (SSSR count). The number of hydrogen-bond donors (Lipinski definition) is 3. The second kappa shape index (κ2) is 25.5. The van der Waals surface area contributed by atoms with Crippen LogP contribution in [-0.4, -0.2) is 146 Å². The number of rotatable bonds is 27. The van der Waals surface area contributed by atoms with Crippen LogP contribution in [0.15, 0.2) is 30.3 Å². The number of hydrogen-bond acceptors (Lipinski definition) is 10. The fraction of sp³-hybridized carbons (Fsp3) is 0.782. The molecular formula is C55H89N5O10. The van der Waals surface area contributed by atoms with Crippen LogP contribution in [0, 0.1) is 52.8 Å². The average Bonchev–Trinajstić information content (AvgIpc) is 3.87. The Balaban J connectivity index is 1.27. The molecule has 15 nitrogen and oxygen atoms in total. The van der Waals surface area contributed by atoms with Gasteiger partial charge in [-0.05, 0) is 112 Å². The Labute approximate surface area is 419 Å². The molecule has 1 aliphatic heterocycles. The number of amides is 4. The van der Waals surface area contributed by atoms with Gasteiger partial charge in [0, 0.05) is 46.1 Å². The molecule has 14 unspecified atom stereocenters. The molecule has 1 aromatic rings. The number of carboxylic acids is 1. The summed E-state index contributed by atoms with van der Waals surface area (Å²) in [7, 11) is 6.61. The van der Waals surface area contributed by atoms with Crippen molar-refractivity contribution in [2.24, 2.45) is 52.8 Å². The third-order valence-corrected chi connectivity index (χ3v) is 16.8. The van der Waals surface area contributed by atoms with E-state index < -0.39 is 60.3 Å². The molecule has 4 amide bonds. The summed E-state index contributed by atoms with van der Waals surface area (Å²) in [5.74, 6) is -0.763. The van der Waals surface area contributed by atoms with Crippen LogP contribution >= 0.6 is 0 Å². The van der Waals surface area contributed by atoms with E-state index in [1.165, 1.54) is 12.8 Å². The quantitative estimate of drug-likeness (QED) is 0.0808. The van der Waals surface area contributed by atoms with Crippen LogP contribution in [0.5, 0.6) is 0 Å². The fourth-order valence-electron chi connectivity index (χ4n) is 13.2. The minimum atomic E-state index is -0.904. The molecule has 394 valence electrons. The molecule has 15 heteroatoms. The van der Waals surface area contributed by atoms with E-state index in [-0.39, 0.29) is 66.1 Å². The van der Waals surface area contributed by atoms with Crippen molar-refractivity contribution in [1.82, 2.24) is 25.3 Å². The van der Waals surface area contributed by atoms with Crippen LogP contribution in [0.4, 0.5) is 0 Å². The number of nitrogens with one attached hydrogen (secondary N) is 2. The van der Waals surface area contributed by atoms with Gasteiger partial charge in [-0.1, -0.05) is 92.1 Å². The molecule has 1 aromatic carbocycles. The summed E-state index contributed by atoms with van der Waals surface area (Å²) in [5.41, 5.74) is 0.910. The van der Waals surface area contributed by atoms with E-state index in [1.54, 1.807) is 45.0 Å². The highest BCUT2D eigenvalue weighted by molar-refractivity contribution is 5.90. The lowest BCUT2D eigenvalue weighted by Crippen LogP contribution is -2.60. The molecule has 2 bridgehead atoms. The van der Waals surface area contributed by atoms with Crippen LogP contribution in [0.3, 0.4) is 0 Å². The number of ether oxygens (including phenoxy) is 3. The van der Waals surface area contributed by atoms with Gasteiger partial charge in [0.25, 0.3) is 0 Å². The second-order valence-corrected chi connectivity index (χ2v) is 22.7. The van der Waals surface area contributed by atoms with Gasteiger partial charge in [0.2, 0.25) is 23.6 Å². The number of fused-ring (bicyclic) bond motifs is 1. The van der Waals surface area contributed by atoms with Crippen LogP contribution < -0.4 is 10.6 Å². The van der Waals surface area contributed by atoms with Gasteiger partial charge in [-0.15, -0.1) is 0 Å². The first kappa shape index (κ1) is 56.8. The number of nitrogens with zero attached hydrogens (tertiary/aromatic N) is 3. The Kier molecular flexibility index (Phi) is 20.7. The van der Waals surface area contributed by atoms with E-state index in [2.05, 4.69) is 17.6 Å². The van der Waals surface area contributed by atoms with Gasteiger partial charge in [0.15, 0.2) is 0 Å². The third kappa shape index (κ3) is 13.9. The van der Waals surface area contributed by atoms with Crippen LogP contribution in [-0.2, 0) is 49.4 Å². The first-order valence-electron chi connectivity index (χ1n) is 26.5. The van der Waals surface area contributed by atoms with Gasteiger partial charge in [0.05, 0.1) is 49.3 Å². The highest BCUT2D eigenvalue weighted by Crippen LogP contribution is 2.64. The first-order valence-corrected chi connectivity index (χ1v) is 26.5. The largest absolute Gasteiger partial charge is 0.481 e. The smallest absolute Gasteiger partial charge is 0.329 e. The Bertz CT molecular complexity index is 1910. The maximum absolute atomic E-state index is 14.6. The van der Waals surface area contributed by atoms with Crippen molar-refractivity contribution in [3.8, 4) is 0 Å². The summed E-state index contributed by atoms with van der Waals surface area (Å²) in [5, 5.41) is 15.3. The monoisotopic (exact) mass is 980 g/mol. The zero-order valence-electron chi connectivity index (χ0n) is 44.6. The second-order valence-electron chi connectivity index (χ2n) is 22.7. The molecule has 4 fully saturated rings. The zero-order valence-corrected chi connectivity index (χ0v) is 44.6. The standard InChI is InChI=1S/C55H89N5O10/c1-13-36(7)49(59(10)53(66)47(33(2)3)57-52(65)48(34(4)5)58(9)23-18-22-46(62)63)44(68-11)28-45(61)60-24-17-21-43(60)50(69-12)37(8)51(64)56-42(26-38-19-15-14-16-20-38)54(67)70-32-55-29-35(6)25-39-27-40(30-55)41(39)31-55/h14-16,19-20,33-37,39-44,47-50H,13,17-18,21-32H2,1-12H3,(H,56,64)(H,57,65)(H,62,63). The third-order valence-electron chi connectivity index (χ3n) is 16.8. The van der Waals surface area contributed by atoms with Crippen LogP contribution in [0.25, 0.3) is 0 Å². The minimum Gasteiger partial charge on any atom is -0.481 e. The number of carboxylic acid groups (broad SMARTS) is 1. The number of carbonyl (C=O) groups excluding carboxylic acids is 5. The van der Waals surface area contributed by atoms with Crippen molar-refractivity contribution >= 4 is 35.6 Å². The molecule has 3 N–H and O–H groups in total. The summed E-state index contributed by atoms with van der Waals surface area (Å²) in [6.07, 6.45) is 7.13. The SMILES string of the molecule is CCC(C)C(C(CC(=O)N1CCCC1C(OC)C(C)C(=O)NC(Cc1ccccc1)C(=O)OCC12CC(C)CC3CC(C1)C3C2)OC)N(C)C(=O)C(NC(=O)C(C(C)C)N(C)CCCC(=O)O)C(C)C. The van der Waals surface area contributed by atoms with Crippen LogP contribution in [0.1, 0.15) is 132 Å². The van der Waals surface area contributed by atoms with E-state index in [0.717, 1.165) is 42.6 Å². The first-order chi connectivity index (χ1) is 33.1. The van der Waals surface area contributed by atoms with E-state index in [0.29, 0.717) is 51.3 Å². The normalized spacial score (nSPS) is 26.3. The van der Waals surface area contributed by atoms with E-state index in [4.69, 9.17) is 19.3 Å². The topological polar surface area (TPSA) is 184 Å². The lowest BCUT2D eigenvalue weighted by atomic mass is 9.63. The van der Waals surface area contributed by atoms with Gasteiger partial charge in [0.1, 0.15) is 12.1 Å². The summed E-state index contributed by atoms with van der Waals surface area (Å²) in [4.78, 5) is 88.0. The molecule has 0 aromatic heterocycles. The number of esters is 1. The van der Waals surface area contributed by atoms with Gasteiger partial charge < -0.3 is 39.8 Å². The predicted molar refractivity (Wildman–Crippen MR) is 269 cm³/mol. The average molecular weight is 980 g/mol. The number of aliphatic carboxylic acids is 1. The fourth-order valence-corrected chi connectivity index (χ4v) is 13.2. The zero-order chi connectivity index (χ0) is 51.6. The number of likely N-dealkylation sites (N-methyl/N-ethyl adjacent to an activating group) is 2. The Hall–Kier alpha value is -4.08. The summed E-state index contributed by atoms with van der Waals surface area (Å²) >= 11 is 0. The molecule has 14 atom stereocenters. The maximum Gasteiger partial charge on any atom is 0.329 e. The number of methoxy groups -OCH3 is 2. The predicted octanol–water partition coefficient (Wildman–Crippen LogP) is 6.60. The molecule has 1 saturated heterocycles. The molecule has 3 saturated carbocycles. The Morgan fingerprint density at radius 3 is 2.20 bits per heavy atom.